The number of aromatic nitrogens is 2. The van der Waals surface area contributed by atoms with Gasteiger partial charge in [-0.05, 0) is 67.6 Å². The van der Waals surface area contributed by atoms with Crippen molar-refractivity contribution in [2.24, 2.45) is 12.5 Å². The van der Waals surface area contributed by atoms with Crippen LogP contribution in [0, 0.1) is 5.41 Å². The Morgan fingerprint density at radius 3 is 2.58 bits per heavy atom. The summed E-state index contributed by atoms with van der Waals surface area (Å²) >= 11 is 0. The molecule has 6 heteroatoms. The second-order valence-corrected chi connectivity index (χ2v) is 8.96. The molecule has 0 saturated carbocycles. The molecule has 160 valence electrons. The second kappa shape index (κ2) is 7.84. The first-order chi connectivity index (χ1) is 15.1. The molecule has 0 radical (unpaired) electrons. The number of amides is 2. The first kappa shape index (κ1) is 19.8. The van der Waals surface area contributed by atoms with Crippen molar-refractivity contribution in [3.63, 3.8) is 0 Å². The number of nitrogens with zero attached hydrogens (tertiary/aromatic N) is 4. The van der Waals surface area contributed by atoms with Crippen molar-refractivity contribution in [3.05, 3.63) is 66.1 Å². The Morgan fingerprint density at radius 1 is 1.03 bits per heavy atom. The number of aryl methyl sites for hydroxylation is 1. The molecule has 0 bridgehead atoms. The van der Waals surface area contributed by atoms with Crippen LogP contribution in [0.3, 0.4) is 0 Å². The van der Waals surface area contributed by atoms with E-state index in [-0.39, 0.29) is 17.2 Å². The van der Waals surface area contributed by atoms with Crippen LogP contribution in [0.5, 0.6) is 0 Å². The largest absolute Gasteiger partial charge is 0.351 e. The molecule has 4 heterocycles. The number of likely N-dealkylation sites (tertiary alicyclic amines) is 2. The van der Waals surface area contributed by atoms with E-state index in [0.717, 1.165) is 54.3 Å². The van der Waals surface area contributed by atoms with Crippen molar-refractivity contribution in [2.45, 2.75) is 32.2 Å². The molecule has 2 aromatic heterocycles. The number of benzene rings is 1. The van der Waals surface area contributed by atoms with Crippen LogP contribution in [0.15, 0.2) is 55.0 Å². The normalized spacial score (nSPS) is 18.7. The van der Waals surface area contributed by atoms with Gasteiger partial charge in [-0.25, -0.2) is 0 Å². The first-order valence-corrected chi connectivity index (χ1v) is 11.1. The molecule has 31 heavy (non-hydrogen) atoms. The van der Waals surface area contributed by atoms with Crippen LogP contribution in [0.4, 0.5) is 0 Å². The zero-order valence-electron chi connectivity index (χ0n) is 18.0. The third-order valence-electron chi connectivity index (χ3n) is 7.09. The summed E-state index contributed by atoms with van der Waals surface area (Å²) in [6.07, 6.45) is 9.00. The van der Waals surface area contributed by atoms with E-state index < -0.39 is 0 Å². The number of piperidine rings is 2. The van der Waals surface area contributed by atoms with Crippen molar-refractivity contribution in [1.29, 1.82) is 0 Å². The molecule has 1 spiro atoms. The molecule has 6 nitrogen and oxygen atoms in total. The summed E-state index contributed by atoms with van der Waals surface area (Å²) in [6.45, 7) is 2.73. The number of rotatable bonds is 3. The minimum atomic E-state index is -0.314. The van der Waals surface area contributed by atoms with Crippen molar-refractivity contribution in [3.8, 4) is 0 Å². The van der Waals surface area contributed by atoms with Gasteiger partial charge in [0.1, 0.15) is 0 Å². The maximum atomic E-state index is 13.4. The highest BCUT2D eigenvalue weighted by atomic mass is 16.2. The Kier molecular flexibility index (Phi) is 5.00. The van der Waals surface area contributed by atoms with E-state index in [4.69, 9.17) is 0 Å². The maximum Gasteiger partial charge on any atom is 0.253 e. The van der Waals surface area contributed by atoms with Gasteiger partial charge >= 0.3 is 0 Å². The van der Waals surface area contributed by atoms with Gasteiger partial charge in [-0.3, -0.25) is 14.6 Å². The zero-order chi connectivity index (χ0) is 21.4. The highest BCUT2D eigenvalue weighted by Crippen LogP contribution is 2.41. The van der Waals surface area contributed by atoms with Gasteiger partial charge < -0.3 is 14.4 Å². The topological polar surface area (TPSA) is 58.4 Å². The van der Waals surface area contributed by atoms with Gasteiger partial charge in [-0.2, -0.15) is 0 Å². The molecule has 2 fully saturated rings. The fourth-order valence-electron chi connectivity index (χ4n) is 5.21. The van der Waals surface area contributed by atoms with Crippen molar-refractivity contribution in [1.82, 2.24) is 19.4 Å². The molecule has 0 unspecified atom stereocenters. The molecule has 1 aromatic carbocycles. The minimum Gasteiger partial charge on any atom is -0.351 e. The Morgan fingerprint density at radius 2 is 1.81 bits per heavy atom. The average Bonchev–Trinajstić information content (AvgIpc) is 3.18. The van der Waals surface area contributed by atoms with E-state index >= 15 is 0 Å². The van der Waals surface area contributed by atoms with Gasteiger partial charge in [0, 0.05) is 68.3 Å². The lowest BCUT2D eigenvalue weighted by Crippen LogP contribution is -2.54. The summed E-state index contributed by atoms with van der Waals surface area (Å²) in [5.41, 5.74) is 2.65. The van der Waals surface area contributed by atoms with Gasteiger partial charge in [0.05, 0.1) is 5.41 Å². The van der Waals surface area contributed by atoms with Crippen LogP contribution in [-0.2, 0) is 18.4 Å². The summed E-state index contributed by atoms with van der Waals surface area (Å²) in [4.78, 5) is 34.5. The van der Waals surface area contributed by atoms with Gasteiger partial charge in [0.2, 0.25) is 5.91 Å². The number of pyridine rings is 1. The Hall–Kier alpha value is -3.15. The Balaban J connectivity index is 1.27. The summed E-state index contributed by atoms with van der Waals surface area (Å²) in [5, 5.41) is 1.08. The van der Waals surface area contributed by atoms with E-state index in [2.05, 4.69) is 9.55 Å². The molecule has 2 aliphatic rings. The van der Waals surface area contributed by atoms with Crippen LogP contribution in [0.25, 0.3) is 10.9 Å². The molecule has 3 aromatic rings. The zero-order valence-corrected chi connectivity index (χ0v) is 18.0. The van der Waals surface area contributed by atoms with Crippen molar-refractivity contribution >= 4 is 22.7 Å². The minimum absolute atomic E-state index is 0.0671. The molecular weight excluding hydrogens is 388 g/mol. The first-order valence-electron chi connectivity index (χ1n) is 11.1. The van der Waals surface area contributed by atoms with Crippen LogP contribution >= 0.6 is 0 Å². The van der Waals surface area contributed by atoms with Crippen LogP contribution < -0.4 is 0 Å². The van der Waals surface area contributed by atoms with Crippen LogP contribution in [0.1, 0.15) is 41.6 Å². The molecular formula is C25H28N4O2. The van der Waals surface area contributed by atoms with Gasteiger partial charge in [0.15, 0.2) is 0 Å². The average molecular weight is 417 g/mol. The lowest BCUT2D eigenvalue weighted by molar-refractivity contribution is -0.150. The predicted octanol–water partition coefficient (Wildman–Crippen LogP) is 3.62. The fraction of sp³-hybridized carbons (Fsp3) is 0.400. The second-order valence-electron chi connectivity index (χ2n) is 8.96. The standard InChI is InChI=1S/C25H28N4O2/c1-27-14-7-20-17-21(3-4-22(20)27)23(30)28-15-9-25(10-16-28)8-2-13-29(24(25)31)18-19-5-11-26-12-6-19/h3-7,11-12,14,17H,2,8-10,13,15-16,18H2,1H3. The third kappa shape index (κ3) is 3.60. The molecule has 2 aliphatic heterocycles. The maximum absolute atomic E-state index is 13.4. The summed E-state index contributed by atoms with van der Waals surface area (Å²) in [5.74, 6) is 0.325. The van der Waals surface area contributed by atoms with Gasteiger partial charge in [-0.1, -0.05) is 0 Å². The van der Waals surface area contributed by atoms with Gasteiger partial charge in [0.25, 0.3) is 5.91 Å². The van der Waals surface area contributed by atoms with Crippen LogP contribution in [0.2, 0.25) is 0 Å². The number of hydrogen-bond donors (Lipinski definition) is 0. The number of carbonyl (C=O) groups excluding carboxylic acids is 2. The van der Waals surface area contributed by atoms with Crippen LogP contribution in [-0.4, -0.2) is 50.8 Å². The number of carbonyl (C=O) groups is 2. The van der Waals surface area contributed by atoms with E-state index in [1.807, 2.05) is 59.4 Å². The fourth-order valence-corrected chi connectivity index (χ4v) is 5.21. The Labute approximate surface area is 182 Å². The monoisotopic (exact) mass is 416 g/mol. The number of fused-ring (bicyclic) bond motifs is 1. The Bertz CT molecular complexity index is 1110. The molecule has 2 saturated heterocycles. The molecule has 0 N–H and O–H groups in total. The SMILES string of the molecule is Cn1ccc2cc(C(=O)N3CCC4(CCCN(Cc5ccncc5)C4=O)CC3)ccc21. The van der Waals surface area contributed by atoms with E-state index in [1.165, 1.54) is 0 Å². The summed E-state index contributed by atoms with van der Waals surface area (Å²) < 4.78 is 2.06. The molecule has 2 amide bonds. The van der Waals surface area contributed by atoms with E-state index in [9.17, 15) is 9.59 Å². The summed E-state index contributed by atoms with van der Waals surface area (Å²) in [7, 11) is 2.01. The highest BCUT2D eigenvalue weighted by molar-refractivity contribution is 5.98. The third-order valence-corrected chi connectivity index (χ3v) is 7.09. The van der Waals surface area contributed by atoms with E-state index in [1.54, 1.807) is 12.4 Å². The molecule has 5 rings (SSSR count). The van der Waals surface area contributed by atoms with E-state index in [0.29, 0.717) is 19.6 Å². The summed E-state index contributed by atoms with van der Waals surface area (Å²) in [6, 6.07) is 11.9. The van der Waals surface area contributed by atoms with Crippen molar-refractivity contribution in [2.75, 3.05) is 19.6 Å². The quantitative estimate of drug-likeness (QED) is 0.655. The predicted molar refractivity (Wildman–Crippen MR) is 119 cm³/mol. The van der Waals surface area contributed by atoms with Gasteiger partial charge in [-0.15, -0.1) is 0 Å². The molecule has 0 aliphatic carbocycles. The molecule has 0 atom stereocenters. The smallest absolute Gasteiger partial charge is 0.253 e. The number of hydrogen-bond acceptors (Lipinski definition) is 3. The lowest BCUT2D eigenvalue weighted by Gasteiger charge is -2.46. The lowest BCUT2D eigenvalue weighted by atomic mass is 9.71. The van der Waals surface area contributed by atoms with Crippen molar-refractivity contribution < 1.29 is 9.59 Å². The highest BCUT2D eigenvalue weighted by Gasteiger charge is 2.46.